The van der Waals surface area contributed by atoms with Gasteiger partial charge in [0.1, 0.15) is 0 Å². The second-order valence-electron chi connectivity index (χ2n) is 6.40. The van der Waals surface area contributed by atoms with Crippen LogP contribution in [0.5, 0.6) is 0 Å². The predicted molar refractivity (Wildman–Crippen MR) is 111 cm³/mol. The maximum absolute atomic E-state index is 12.3. The summed E-state index contributed by atoms with van der Waals surface area (Å²) in [5, 5.41) is 11.1. The standard InChI is InChI=1S/C22H23N3O2/c1-3-21(26)25-20-13-18(10-8-15(20)2)23-14-22(27)24-19-11-9-16-6-4-5-7-17(16)12-19/h4-13,23H,3,14H2,1-2H3,(H,24,27)(H,25,26). The Morgan fingerprint density at radius 2 is 1.56 bits per heavy atom. The molecule has 2 amide bonds. The minimum absolute atomic E-state index is 0.0377. The third-order valence-electron chi connectivity index (χ3n) is 4.32. The average Bonchev–Trinajstić information content (AvgIpc) is 2.68. The maximum atomic E-state index is 12.3. The Morgan fingerprint density at radius 3 is 2.33 bits per heavy atom. The molecular formula is C22H23N3O2. The first-order chi connectivity index (χ1) is 13.0. The van der Waals surface area contributed by atoms with Crippen molar-refractivity contribution in [3.63, 3.8) is 0 Å². The van der Waals surface area contributed by atoms with E-state index in [0.717, 1.165) is 33.4 Å². The normalized spacial score (nSPS) is 10.4. The Morgan fingerprint density at radius 1 is 0.815 bits per heavy atom. The van der Waals surface area contributed by atoms with Crippen molar-refractivity contribution in [1.82, 2.24) is 0 Å². The van der Waals surface area contributed by atoms with Crippen molar-refractivity contribution in [2.75, 3.05) is 22.5 Å². The lowest BCUT2D eigenvalue weighted by atomic mass is 10.1. The van der Waals surface area contributed by atoms with E-state index in [1.807, 2.05) is 74.5 Å². The fourth-order valence-electron chi connectivity index (χ4n) is 2.76. The van der Waals surface area contributed by atoms with E-state index in [9.17, 15) is 9.59 Å². The second-order valence-corrected chi connectivity index (χ2v) is 6.40. The third kappa shape index (κ3) is 4.85. The van der Waals surface area contributed by atoms with Crippen LogP contribution < -0.4 is 16.0 Å². The van der Waals surface area contributed by atoms with Crippen molar-refractivity contribution in [2.45, 2.75) is 20.3 Å². The van der Waals surface area contributed by atoms with E-state index in [1.165, 1.54) is 0 Å². The molecule has 0 heterocycles. The van der Waals surface area contributed by atoms with E-state index in [-0.39, 0.29) is 18.4 Å². The van der Waals surface area contributed by atoms with Gasteiger partial charge in [0.05, 0.1) is 6.54 Å². The molecule has 0 radical (unpaired) electrons. The van der Waals surface area contributed by atoms with Crippen LogP contribution >= 0.6 is 0 Å². The first-order valence-electron chi connectivity index (χ1n) is 8.98. The molecule has 0 spiro atoms. The number of aryl methyl sites for hydroxylation is 1. The summed E-state index contributed by atoms with van der Waals surface area (Å²) in [5.74, 6) is -0.172. The number of carbonyl (C=O) groups excluding carboxylic acids is 2. The van der Waals surface area contributed by atoms with Crippen molar-refractivity contribution < 1.29 is 9.59 Å². The lowest BCUT2D eigenvalue weighted by Gasteiger charge is -2.12. The van der Waals surface area contributed by atoms with Gasteiger partial charge in [0.15, 0.2) is 0 Å². The number of fused-ring (bicyclic) bond motifs is 1. The van der Waals surface area contributed by atoms with E-state index in [4.69, 9.17) is 0 Å². The molecule has 0 aliphatic heterocycles. The smallest absolute Gasteiger partial charge is 0.243 e. The van der Waals surface area contributed by atoms with Crippen molar-refractivity contribution in [2.24, 2.45) is 0 Å². The zero-order valence-electron chi connectivity index (χ0n) is 15.5. The van der Waals surface area contributed by atoms with Gasteiger partial charge in [0, 0.05) is 23.5 Å². The molecule has 5 heteroatoms. The van der Waals surface area contributed by atoms with Gasteiger partial charge in [-0.3, -0.25) is 9.59 Å². The first kappa shape index (κ1) is 18.5. The van der Waals surface area contributed by atoms with Crippen LogP contribution in [-0.4, -0.2) is 18.4 Å². The van der Waals surface area contributed by atoms with E-state index in [1.54, 1.807) is 0 Å². The van der Waals surface area contributed by atoms with Gasteiger partial charge in [-0.25, -0.2) is 0 Å². The molecule has 0 atom stereocenters. The number of amides is 2. The maximum Gasteiger partial charge on any atom is 0.243 e. The zero-order chi connectivity index (χ0) is 19.2. The van der Waals surface area contributed by atoms with Crippen LogP contribution in [0.15, 0.2) is 60.7 Å². The molecule has 0 aromatic heterocycles. The molecule has 0 unspecified atom stereocenters. The van der Waals surface area contributed by atoms with E-state index >= 15 is 0 Å². The number of anilines is 3. The van der Waals surface area contributed by atoms with Gasteiger partial charge in [-0.15, -0.1) is 0 Å². The molecule has 3 N–H and O–H groups in total. The minimum Gasteiger partial charge on any atom is -0.376 e. The number of hydrogen-bond acceptors (Lipinski definition) is 3. The Bertz CT molecular complexity index is 982. The molecule has 27 heavy (non-hydrogen) atoms. The molecule has 0 aliphatic rings. The van der Waals surface area contributed by atoms with Gasteiger partial charge in [-0.05, 0) is 47.5 Å². The highest BCUT2D eigenvalue weighted by atomic mass is 16.2. The van der Waals surface area contributed by atoms with Gasteiger partial charge in [-0.1, -0.05) is 43.3 Å². The number of carbonyl (C=O) groups is 2. The fraction of sp³-hybridized carbons (Fsp3) is 0.182. The zero-order valence-corrected chi connectivity index (χ0v) is 15.5. The molecule has 0 saturated heterocycles. The predicted octanol–water partition coefficient (Wildman–Crippen LogP) is 4.55. The monoisotopic (exact) mass is 361 g/mol. The van der Waals surface area contributed by atoms with Gasteiger partial charge >= 0.3 is 0 Å². The highest BCUT2D eigenvalue weighted by Crippen LogP contribution is 2.21. The van der Waals surface area contributed by atoms with Crippen LogP contribution in [0.25, 0.3) is 10.8 Å². The highest BCUT2D eigenvalue weighted by molar-refractivity contribution is 5.96. The Hall–Kier alpha value is -3.34. The molecule has 0 saturated carbocycles. The van der Waals surface area contributed by atoms with Crippen LogP contribution in [0, 0.1) is 6.92 Å². The molecule has 5 nitrogen and oxygen atoms in total. The first-order valence-corrected chi connectivity index (χ1v) is 8.98. The number of benzene rings is 3. The van der Waals surface area contributed by atoms with Crippen LogP contribution in [0.3, 0.4) is 0 Å². The number of hydrogen-bond donors (Lipinski definition) is 3. The molecular weight excluding hydrogens is 338 g/mol. The molecule has 3 aromatic rings. The minimum atomic E-state index is -0.134. The molecule has 138 valence electrons. The summed E-state index contributed by atoms with van der Waals surface area (Å²) in [4.78, 5) is 23.9. The van der Waals surface area contributed by atoms with E-state index in [2.05, 4.69) is 16.0 Å². The quantitative estimate of drug-likeness (QED) is 0.603. The second kappa shape index (κ2) is 8.36. The van der Waals surface area contributed by atoms with Gasteiger partial charge in [-0.2, -0.15) is 0 Å². The lowest BCUT2D eigenvalue weighted by Crippen LogP contribution is -2.21. The Balaban J connectivity index is 1.61. The SMILES string of the molecule is CCC(=O)Nc1cc(NCC(=O)Nc2ccc3ccccc3c2)ccc1C. The molecule has 0 aliphatic carbocycles. The highest BCUT2D eigenvalue weighted by Gasteiger charge is 2.06. The summed E-state index contributed by atoms with van der Waals surface area (Å²) < 4.78 is 0. The van der Waals surface area contributed by atoms with Crippen molar-refractivity contribution in [3.05, 3.63) is 66.2 Å². The summed E-state index contributed by atoms with van der Waals surface area (Å²) in [6, 6.07) is 19.5. The van der Waals surface area contributed by atoms with E-state index in [0.29, 0.717) is 6.42 Å². The Labute approximate surface area is 158 Å². The molecule has 0 fully saturated rings. The number of rotatable bonds is 6. The summed E-state index contributed by atoms with van der Waals surface area (Å²) in [6.45, 7) is 3.88. The van der Waals surface area contributed by atoms with Crippen molar-refractivity contribution in [3.8, 4) is 0 Å². The molecule has 0 bridgehead atoms. The van der Waals surface area contributed by atoms with Crippen LogP contribution in [0.2, 0.25) is 0 Å². The van der Waals surface area contributed by atoms with Crippen LogP contribution in [-0.2, 0) is 9.59 Å². The average molecular weight is 361 g/mol. The summed E-state index contributed by atoms with van der Waals surface area (Å²) in [6.07, 6.45) is 0.422. The van der Waals surface area contributed by atoms with Crippen LogP contribution in [0.4, 0.5) is 17.1 Å². The van der Waals surface area contributed by atoms with E-state index < -0.39 is 0 Å². The van der Waals surface area contributed by atoms with Gasteiger partial charge in [0.2, 0.25) is 11.8 Å². The summed E-state index contributed by atoms with van der Waals surface area (Å²) in [7, 11) is 0. The van der Waals surface area contributed by atoms with Crippen molar-refractivity contribution in [1.29, 1.82) is 0 Å². The van der Waals surface area contributed by atoms with Gasteiger partial charge in [0.25, 0.3) is 0 Å². The fourth-order valence-corrected chi connectivity index (χ4v) is 2.76. The lowest BCUT2D eigenvalue weighted by molar-refractivity contribution is -0.116. The molecule has 3 rings (SSSR count). The number of nitrogens with one attached hydrogen (secondary N) is 3. The Kier molecular flexibility index (Phi) is 5.71. The molecule has 3 aromatic carbocycles. The summed E-state index contributed by atoms with van der Waals surface area (Å²) in [5.41, 5.74) is 3.27. The summed E-state index contributed by atoms with van der Waals surface area (Å²) >= 11 is 0. The topological polar surface area (TPSA) is 70.2 Å². The van der Waals surface area contributed by atoms with Gasteiger partial charge < -0.3 is 16.0 Å². The largest absolute Gasteiger partial charge is 0.376 e. The third-order valence-corrected chi connectivity index (χ3v) is 4.32. The van der Waals surface area contributed by atoms with Crippen molar-refractivity contribution >= 4 is 39.6 Å². The van der Waals surface area contributed by atoms with Crippen LogP contribution in [0.1, 0.15) is 18.9 Å².